The van der Waals surface area contributed by atoms with E-state index in [1.165, 1.54) is 0 Å². The van der Waals surface area contributed by atoms with E-state index in [9.17, 15) is 4.79 Å². The van der Waals surface area contributed by atoms with Crippen LogP contribution in [-0.4, -0.2) is 13.0 Å². The predicted octanol–water partition coefficient (Wildman–Crippen LogP) is 3.24. The van der Waals surface area contributed by atoms with Crippen LogP contribution >= 0.6 is 12.6 Å². The summed E-state index contributed by atoms with van der Waals surface area (Å²) >= 11 is 4.18. The number of hydrogen-bond donors (Lipinski definition) is 2. The molecule has 2 aromatic rings. The van der Waals surface area contributed by atoms with Crippen molar-refractivity contribution in [2.45, 2.75) is 4.90 Å². The minimum atomic E-state index is -0.173. The van der Waals surface area contributed by atoms with Crippen LogP contribution in [0.5, 0.6) is 5.75 Å². The third kappa shape index (κ3) is 2.84. The molecule has 0 aliphatic heterocycles. The summed E-state index contributed by atoms with van der Waals surface area (Å²) in [4.78, 5) is 12.8. The number of thiol groups is 1. The number of para-hydroxylation sites is 2. The Balaban J connectivity index is 2.18. The molecule has 18 heavy (non-hydrogen) atoms. The standard InChI is InChI=1S/C14H13NO2S/c1-17-13-5-3-2-4-12(13)15-14(16)10-6-8-11(18)9-7-10/h2-9,18H,1H3,(H,15,16). The molecule has 0 heterocycles. The Labute approximate surface area is 111 Å². The predicted molar refractivity (Wildman–Crippen MR) is 74.6 cm³/mol. The molecular formula is C14H13NO2S. The largest absolute Gasteiger partial charge is 0.495 e. The molecule has 92 valence electrons. The number of carbonyl (C=O) groups excluding carboxylic acids is 1. The first-order chi connectivity index (χ1) is 8.70. The number of hydrogen-bond acceptors (Lipinski definition) is 3. The summed E-state index contributed by atoms with van der Waals surface area (Å²) in [6.45, 7) is 0. The molecule has 0 aliphatic rings. The molecule has 1 N–H and O–H groups in total. The van der Waals surface area contributed by atoms with E-state index in [0.717, 1.165) is 4.90 Å². The molecule has 0 unspecified atom stereocenters. The van der Waals surface area contributed by atoms with Gasteiger partial charge in [-0.05, 0) is 36.4 Å². The Morgan fingerprint density at radius 1 is 1.11 bits per heavy atom. The normalized spacial score (nSPS) is 9.89. The molecular weight excluding hydrogens is 246 g/mol. The van der Waals surface area contributed by atoms with E-state index in [1.807, 2.05) is 12.1 Å². The summed E-state index contributed by atoms with van der Waals surface area (Å²) in [5, 5.41) is 2.81. The zero-order valence-electron chi connectivity index (χ0n) is 9.88. The Morgan fingerprint density at radius 3 is 2.44 bits per heavy atom. The topological polar surface area (TPSA) is 38.3 Å². The van der Waals surface area contributed by atoms with Gasteiger partial charge in [-0.15, -0.1) is 12.6 Å². The second kappa shape index (κ2) is 5.60. The number of amides is 1. The molecule has 2 rings (SSSR count). The number of benzene rings is 2. The van der Waals surface area contributed by atoms with Gasteiger partial charge in [0.05, 0.1) is 12.8 Å². The highest BCUT2D eigenvalue weighted by Gasteiger charge is 2.08. The van der Waals surface area contributed by atoms with Gasteiger partial charge in [0.2, 0.25) is 0 Å². The first-order valence-electron chi connectivity index (χ1n) is 5.44. The van der Waals surface area contributed by atoms with E-state index in [-0.39, 0.29) is 5.91 Å². The molecule has 1 amide bonds. The molecule has 0 saturated carbocycles. The van der Waals surface area contributed by atoms with Gasteiger partial charge in [-0.3, -0.25) is 4.79 Å². The van der Waals surface area contributed by atoms with Gasteiger partial charge in [-0.25, -0.2) is 0 Å². The van der Waals surface area contributed by atoms with Crippen LogP contribution in [0.4, 0.5) is 5.69 Å². The zero-order chi connectivity index (χ0) is 13.0. The van der Waals surface area contributed by atoms with Crippen LogP contribution in [0.15, 0.2) is 53.4 Å². The van der Waals surface area contributed by atoms with Crippen molar-refractivity contribution in [1.29, 1.82) is 0 Å². The fourth-order valence-corrected chi connectivity index (χ4v) is 1.70. The van der Waals surface area contributed by atoms with Crippen LogP contribution in [0.2, 0.25) is 0 Å². The first-order valence-corrected chi connectivity index (χ1v) is 5.89. The maximum Gasteiger partial charge on any atom is 0.255 e. The van der Waals surface area contributed by atoms with Gasteiger partial charge in [0, 0.05) is 10.5 Å². The van der Waals surface area contributed by atoms with E-state index >= 15 is 0 Å². The molecule has 4 heteroatoms. The van der Waals surface area contributed by atoms with E-state index in [1.54, 1.807) is 43.5 Å². The third-order valence-electron chi connectivity index (χ3n) is 2.48. The van der Waals surface area contributed by atoms with E-state index in [0.29, 0.717) is 17.0 Å². The van der Waals surface area contributed by atoms with Crippen LogP contribution in [0, 0.1) is 0 Å². The average Bonchev–Trinajstić information content (AvgIpc) is 2.40. The van der Waals surface area contributed by atoms with Crippen molar-refractivity contribution in [3.05, 3.63) is 54.1 Å². The molecule has 0 aromatic heterocycles. The smallest absolute Gasteiger partial charge is 0.255 e. The number of nitrogens with one attached hydrogen (secondary N) is 1. The maximum absolute atomic E-state index is 12.0. The molecule has 0 aliphatic carbocycles. The molecule has 0 atom stereocenters. The molecule has 0 spiro atoms. The van der Waals surface area contributed by atoms with Gasteiger partial charge in [-0.2, -0.15) is 0 Å². The summed E-state index contributed by atoms with van der Waals surface area (Å²) in [5.41, 5.74) is 1.23. The monoisotopic (exact) mass is 259 g/mol. The van der Waals surface area contributed by atoms with E-state index in [2.05, 4.69) is 17.9 Å². The number of carbonyl (C=O) groups is 1. The summed E-state index contributed by atoms with van der Waals surface area (Å²) in [6, 6.07) is 14.3. The van der Waals surface area contributed by atoms with Crippen molar-refractivity contribution < 1.29 is 9.53 Å². The summed E-state index contributed by atoms with van der Waals surface area (Å²) in [5.74, 6) is 0.462. The van der Waals surface area contributed by atoms with E-state index < -0.39 is 0 Å². The van der Waals surface area contributed by atoms with Crippen LogP contribution < -0.4 is 10.1 Å². The number of ether oxygens (including phenoxy) is 1. The Bertz CT molecular complexity index is 552. The van der Waals surface area contributed by atoms with Gasteiger partial charge in [-0.1, -0.05) is 12.1 Å². The second-order valence-corrected chi connectivity index (χ2v) is 4.22. The maximum atomic E-state index is 12.0. The summed E-state index contributed by atoms with van der Waals surface area (Å²) < 4.78 is 5.17. The van der Waals surface area contributed by atoms with Crippen molar-refractivity contribution in [2.24, 2.45) is 0 Å². The Kier molecular flexibility index (Phi) is 3.89. The van der Waals surface area contributed by atoms with Crippen molar-refractivity contribution in [3.8, 4) is 5.75 Å². The van der Waals surface area contributed by atoms with Crippen LogP contribution in [0.3, 0.4) is 0 Å². The van der Waals surface area contributed by atoms with Crippen molar-refractivity contribution in [2.75, 3.05) is 12.4 Å². The van der Waals surface area contributed by atoms with Gasteiger partial charge in [0.1, 0.15) is 5.75 Å². The molecule has 0 bridgehead atoms. The van der Waals surface area contributed by atoms with Gasteiger partial charge in [0.25, 0.3) is 5.91 Å². The number of anilines is 1. The fraction of sp³-hybridized carbons (Fsp3) is 0.0714. The van der Waals surface area contributed by atoms with Gasteiger partial charge >= 0.3 is 0 Å². The Hall–Kier alpha value is -1.94. The lowest BCUT2D eigenvalue weighted by atomic mass is 10.2. The van der Waals surface area contributed by atoms with Gasteiger partial charge < -0.3 is 10.1 Å². The van der Waals surface area contributed by atoms with Crippen molar-refractivity contribution in [1.82, 2.24) is 0 Å². The average molecular weight is 259 g/mol. The third-order valence-corrected chi connectivity index (χ3v) is 2.78. The van der Waals surface area contributed by atoms with Crippen LogP contribution in [0.1, 0.15) is 10.4 Å². The lowest BCUT2D eigenvalue weighted by Gasteiger charge is -2.09. The SMILES string of the molecule is COc1ccccc1NC(=O)c1ccc(S)cc1. The molecule has 0 radical (unpaired) electrons. The van der Waals surface area contributed by atoms with Crippen molar-refractivity contribution in [3.63, 3.8) is 0 Å². The van der Waals surface area contributed by atoms with Crippen LogP contribution in [-0.2, 0) is 0 Å². The first kappa shape index (κ1) is 12.5. The Morgan fingerprint density at radius 2 is 1.78 bits per heavy atom. The highest BCUT2D eigenvalue weighted by atomic mass is 32.1. The fourth-order valence-electron chi connectivity index (χ4n) is 1.56. The second-order valence-electron chi connectivity index (χ2n) is 3.70. The minimum absolute atomic E-state index is 0.173. The van der Waals surface area contributed by atoms with Crippen LogP contribution in [0.25, 0.3) is 0 Å². The minimum Gasteiger partial charge on any atom is -0.495 e. The lowest BCUT2D eigenvalue weighted by molar-refractivity contribution is 0.102. The zero-order valence-corrected chi connectivity index (χ0v) is 10.8. The number of rotatable bonds is 3. The molecule has 2 aromatic carbocycles. The quantitative estimate of drug-likeness (QED) is 0.830. The lowest BCUT2D eigenvalue weighted by Crippen LogP contribution is -2.12. The highest BCUT2D eigenvalue weighted by Crippen LogP contribution is 2.23. The molecule has 0 saturated heterocycles. The van der Waals surface area contributed by atoms with Crippen molar-refractivity contribution >= 4 is 24.2 Å². The summed E-state index contributed by atoms with van der Waals surface area (Å²) in [7, 11) is 1.57. The van der Waals surface area contributed by atoms with Gasteiger partial charge in [0.15, 0.2) is 0 Å². The summed E-state index contributed by atoms with van der Waals surface area (Å²) in [6.07, 6.45) is 0. The van der Waals surface area contributed by atoms with E-state index in [4.69, 9.17) is 4.74 Å². The molecule has 0 fully saturated rings. The molecule has 3 nitrogen and oxygen atoms in total. The number of methoxy groups -OCH3 is 1. The highest BCUT2D eigenvalue weighted by molar-refractivity contribution is 7.80.